The Morgan fingerprint density at radius 1 is 1.11 bits per heavy atom. The molecule has 9 heteroatoms. The Kier molecular flexibility index (Phi) is 7.38. The molecule has 2 amide bonds. The van der Waals surface area contributed by atoms with Gasteiger partial charge in [-0.15, -0.1) is 0 Å². The molecule has 0 saturated heterocycles. The fourth-order valence-corrected chi connectivity index (χ4v) is 4.82. The Bertz CT molecular complexity index is 1280. The molecule has 1 aliphatic carbocycles. The van der Waals surface area contributed by atoms with E-state index in [-0.39, 0.29) is 35.0 Å². The molecule has 36 heavy (non-hydrogen) atoms. The van der Waals surface area contributed by atoms with Gasteiger partial charge in [0, 0.05) is 18.0 Å². The van der Waals surface area contributed by atoms with Gasteiger partial charge in [-0.2, -0.15) is 5.10 Å². The Hall–Kier alpha value is -4.14. The van der Waals surface area contributed by atoms with Gasteiger partial charge in [0.25, 0.3) is 11.8 Å². The van der Waals surface area contributed by atoms with E-state index in [1.807, 2.05) is 24.3 Å². The van der Waals surface area contributed by atoms with Gasteiger partial charge in [-0.3, -0.25) is 14.4 Å². The number of ketones is 1. The Labute approximate surface area is 209 Å². The molecule has 188 valence electrons. The summed E-state index contributed by atoms with van der Waals surface area (Å²) >= 11 is 0. The largest absolute Gasteiger partial charge is 0.496 e. The molecule has 1 fully saturated rings. The van der Waals surface area contributed by atoms with Crippen LogP contribution < -0.4 is 21.5 Å². The molecule has 1 saturated carbocycles. The van der Waals surface area contributed by atoms with Crippen molar-refractivity contribution in [1.82, 2.24) is 15.1 Å². The molecule has 1 aromatic heterocycles. The zero-order valence-corrected chi connectivity index (χ0v) is 20.5. The first kappa shape index (κ1) is 25.0. The lowest BCUT2D eigenvalue weighted by Crippen LogP contribution is -2.25. The lowest BCUT2D eigenvalue weighted by molar-refractivity contribution is -0.122. The smallest absolute Gasteiger partial charge is 0.255 e. The van der Waals surface area contributed by atoms with Gasteiger partial charge in [0.05, 0.1) is 18.7 Å². The highest BCUT2D eigenvalue weighted by atomic mass is 16.5. The molecule has 0 aliphatic heterocycles. The first-order valence-corrected chi connectivity index (χ1v) is 12.0. The number of rotatable bonds is 8. The van der Waals surface area contributed by atoms with Gasteiger partial charge in [-0.25, -0.2) is 4.68 Å². The molecular formula is C27H31N5O4. The number of nitrogens with zero attached hydrogens (tertiary/aromatic N) is 2. The molecular weight excluding hydrogens is 458 g/mol. The molecule has 9 nitrogen and oxygen atoms in total. The lowest BCUT2D eigenvalue weighted by atomic mass is 9.83. The third kappa shape index (κ3) is 5.10. The van der Waals surface area contributed by atoms with E-state index in [0.29, 0.717) is 35.5 Å². The number of methoxy groups -OCH3 is 1. The number of benzene rings is 2. The van der Waals surface area contributed by atoms with Crippen LogP contribution in [0.3, 0.4) is 0 Å². The van der Waals surface area contributed by atoms with Crippen molar-refractivity contribution < 1.29 is 19.1 Å². The summed E-state index contributed by atoms with van der Waals surface area (Å²) in [5.41, 5.74) is 14.6. The second kappa shape index (κ2) is 10.6. The maximum Gasteiger partial charge on any atom is 0.255 e. The zero-order chi connectivity index (χ0) is 25.8. The number of hydrogen-bond donors (Lipinski definition) is 3. The third-order valence-electron chi connectivity index (χ3n) is 6.79. The van der Waals surface area contributed by atoms with E-state index < -0.39 is 5.91 Å². The van der Waals surface area contributed by atoms with E-state index in [1.54, 1.807) is 35.9 Å². The minimum absolute atomic E-state index is 0.0295. The monoisotopic (exact) mass is 489 g/mol. The van der Waals surface area contributed by atoms with Crippen LogP contribution in [0, 0.1) is 5.92 Å². The van der Waals surface area contributed by atoms with Gasteiger partial charge in [-0.1, -0.05) is 42.8 Å². The zero-order valence-electron chi connectivity index (χ0n) is 20.5. The van der Waals surface area contributed by atoms with Gasteiger partial charge in [0.1, 0.15) is 28.6 Å². The number of amides is 2. The topological polar surface area (TPSA) is 142 Å². The molecule has 5 N–H and O–H groups in total. The van der Waals surface area contributed by atoms with Crippen LogP contribution >= 0.6 is 0 Å². The van der Waals surface area contributed by atoms with Crippen molar-refractivity contribution in [2.75, 3.05) is 12.8 Å². The number of nitrogens with two attached hydrogens (primary N) is 2. The summed E-state index contributed by atoms with van der Waals surface area (Å²) in [7, 11) is 1.52. The SMILES string of the molecule is COc1ccccc1C(=O)NCc1ccc(-c2nn(C3CCCC(C(C)=O)C3)c(N)c2C(N)=O)cc1. The minimum atomic E-state index is -0.652. The number of ether oxygens (including phenoxy) is 1. The van der Waals surface area contributed by atoms with Gasteiger partial charge < -0.3 is 21.5 Å². The van der Waals surface area contributed by atoms with Crippen molar-refractivity contribution in [3.8, 4) is 17.0 Å². The summed E-state index contributed by atoms with van der Waals surface area (Å²) in [6, 6.07) is 14.3. The maximum absolute atomic E-state index is 12.6. The summed E-state index contributed by atoms with van der Waals surface area (Å²) in [6.45, 7) is 1.92. The second-order valence-corrected chi connectivity index (χ2v) is 9.13. The summed E-state index contributed by atoms with van der Waals surface area (Å²) in [5.74, 6) is -0.0338. The molecule has 2 aromatic carbocycles. The number of hydrogen-bond acceptors (Lipinski definition) is 6. The van der Waals surface area contributed by atoms with Crippen LogP contribution in [0.2, 0.25) is 0 Å². The van der Waals surface area contributed by atoms with E-state index in [2.05, 4.69) is 10.4 Å². The first-order chi connectivity index (χ1) is 17.3. The highest BCUT2D eigenvalue weighted by molar-refractivity contribution is 6.03. The lowest BCUT2D eigenvalue weighted by Gasteiger charge is -2.28. The number of nitrogens with one attached hydrogen (secondary N) is 1. The molecule has 1 aliphatic rings. The average molecular weight is 490 g/mol. The summed E-state index contributed by atoms with van der Waals surface area (Å²) in [6.07, 6.45) is 3.23. The van der Waals surface area contributed by atoms with E-state index in [9.17, 15) is 14.4 Å². The number of nitrogen functional groups attached to an aromatic ring is 1. The van der Waals surface area contributed by atoms with Crippen LogP contribution in [0.25, 0.3) is 11.3 Å². The molecule has 3 aromatic rings. The van der Waals surface area contributed by atoms with Crippen LogP contribution in [0.15, 0.2) is 48.5 Å². The first-order valence-electron chi connectivity index (χ1n) is 12.0. The second-order valence-electron chi connectivity index (χ2n) is 9.13. The summed E-state index contributed by atoms with van der Waals surface area (Å²) in [5, 5.41) is 7.57. The number of primary amides is 1. The van der Waals surface area contributed by atoms with Gasteiger partial charge in [0.15, 0.2) is 0 Å². The van der Waals surface area contributed by atoms with Gasteiger partial charge >= 0.3 is 0 Å². The molecule has 0 bridgehead atoms. The van der Waals surface area contributed by atoms with Crippen molar-refractivity contribution >= 4 is 23.4 Å². The average Bonchev–Trinajstić information content (AvgIpc) is 3.24. The van der Waals surface area contributed by atoms with Crippen LogP contribution in [-0.4, -0.2) is 34.5 Å². The highest BCUT2D eigenvalue weighted by Gasteiger charge is 2.30. The molecule has 0 radical (unpaired) electrons. The molecule has 2 atom stereocenters. The molecule has 4 rings (SSSR count). The fraction of sp³-hybridized carbons (Fsp3) is 0.333. The Balaban J connectivity index is 1.53. The Morgan fingerprint density at radius 2 is 1.83 bits per heavy atom. The predicted octanol–water partition coefficient (Wildman–Crippen LogP) is 3.49. The summed E-state index contributed by atoms with van der Waals surface area (Å²) < 4.78 is 6.91. The van der Waals surface area contributed by atoms with Crippen molar-refractivity contribution in [3.05, 3.63) is 65.2 Å². The van der Waals surface area contributed by atoms with Crippen molar-refractivity contribution in [1.29, 1.82) is 0 Å². The number of carbonyl (C=O) groups is 3. The minimum Gasteiger partial charge on any atom is -0.496 e. The maximum atomic E-state index is 12.6. The van der Waals surface area contributed by atoms with Gasteiger partial charge in [-0.05, 0) is 43.9 Å². The predicted molar refractivity (Wildman–Crippen MR) is 136 cm³/mol. The van der Waals surface area contributed by atoms with E-state index in [1.165, 1.54) is 7.11 Å². The quantitative estimate of drug-likeness (QED) is 0.442. The van der Waals surface area contributed by atoms with Crippen LogP contribution in [-0.2, 0) is 11.3 Å². The van der Waals surface area contributed by atoms with Crippen LogP contribution in [0.4, 0.5) is 5.82 Å². The number of carbonyl (C=O) groups excluding carboxylic acids is 3. The Morgan fingerprint density at radius 3 is 2.50 bits per heavy atom. The van der Waals surface area contributed by atoms with Crippen LogP contribution in [0.5, 0.6) is 5.75 Å². The molecule has 1 heterocycles. The third-order valence-corrected chi connectivity index (χ3v) is 6.79. The summed E-state index contributed by atoms with van der Waals surface area (Å²) in [4.78, 5) is 36.8. The number of para-hydroxylation sites is 1. The van der Waals surface area contributed by atoms with E-state index in [4.69, 9.17) is 16.2 Å². The van der Waals surface area contributed by atoms with Gasteiger partial charge in [0.2, 0.25) is 0 Å². The number of anilines is 1. The number of aromatic nitrogens is 2. The fourth-order valence-electron chi connectivity index (χ4n) is 4.82. The van der Waals surface area contributed by atoms with E-state index in [0.717, 1.165) is 24.8 Å². The van der Waals surface area contributed by atoms with Crippen molar-refractivity contribution in [2.24, 2.45) is 11.7 Å². The standard InChI is InChI=1S/C27H31N5O4/c1-16(33)19-6-5-7-20(14-19)32-25(28)23(26(29)34)24(31-32)18-12-10-17(11-13-18)15-30-27(35)21-8-3-4-9-22(21)36-2/h3-4,8-13,19-20H,5-7,14-15,28H2,1-2H3,(H2,29,34)(H,30,35). The molecule has 0 spiro atoms. The highest BCUT2D eigenvalue weighted by Crippen LogP contribution is 2.37. The van der Waals surface area contributed by atoms with Crippen molar-refractivity contribution in [2.45, 2.75) is 45.2 Å². The van der Waals surface area contributed by atoms with Crippen LogP contribution in [0.1, 0.15) is 64.9 Å². The molecule has 2 unspecified atom stereocenters. The number of Topliss-reactive ketones (excluding diaryl/α,β-unsaturated/α-hetero) is 1. The normalized spacial score (nSPS) is 17.4. The van der Waals surface area contributed by atoms with E-state index >= 15 is 0 Å². The van der Waals surface area contributed by atoms with Crippen molar-refractivity contribution in [3.63, 3.8) is 0 Å².